The van der Waals surface area contributed by atoms with Gasteiger partial charge in [-0.3, -0.25) is 0 Å². The normalized spacial score (nSPS) is 19.7. The third kappa shape index (κ3) is 1.29. The van der Waals surface area contributed by atoms with E-state index in [0.717, 1.165) is 25.6 Å². The first kappa shape index (κ1) is 10.0. The van der Waals surface area contributed by atoms with Gasteiger partial charge in [-0.15, -0.1) is 0 Å². The molecule has 1 aromatic carbocycles. The third-order valence-corrected chi connectivity index (χ3v) is 3.74. The molecular weight excluding hydrogens is 226 g/mol. The van der Waals surface area contributed by atoms with Crippen molar-refractivity contribution in [3.8, 4) is 0 Å². The van der Waals surface area contributed by atoms with Crippen molar-refractivity contribution >= 4 is 5.95 Å². The van der Waals surface area contributed by atoms with E-state index in [9.17, 15) is 0 Å². The van der Waals surface area contributed by atoms with E-state index in [1.165, 1.54) is 11.1 Å². The maximum absolute atomic E-state index is 6.00. The number of rotatable bonds is 1. The van der Waals surface area contributed by atoms with E-state index >= 15 is 0 Å². The minimum atomic E-state index is -0.129. The first-order valence-electron chi connectivity index (χ1n) is 6.12. The van der Waals surface area contributed by atoms with Gasteiger partial charge in [-0.05, 0) is 17.2 Å². The summed E-state index contributed by atoms with van der Waals surface area (Å²) >= 11 is 0. The minimum absolute atomic E-state index is 0.129. The molecule has 4 heteroatoms. The summed E-state index contributed by atoms with van der Waals surface area (Å²) in [4.78, 5) is 10.7. The number of hydrogen-bond donors (Lipinski definition) is 0. The fourth-order valence-electron chi connectivity index (χ4n) is 2.81. The molecule has 90 valence electrons. The van der Waals surface area contributed by atoms with Crippen molar-refractivity contribution < 1.29 is 4.74 Å². The molecule has 0 N–H and O–H groups in total. The van der Waals surface area contributed by atoms with Gasteiger partial charge in [0.2, 0.25) is 5.95 Å². The summed E-state index contributed by atoms with van der Waals surface area (Å²) in [7, 11) is 0. The van der Waals surface area contributed by atoms with Gasteiger partial charge in [0.05, 0.1) is 19.7 Å². The van der Waals surface area contributed by atoms with Crippen LogP contribution in [0.1, 0.15) is 11.1 Å². The molecule has 0 atom stereocenters. The zero-order valence-corrected chi connectivity index (χ0v) is 9.91. The summed E-state index contributed by atoms with van der Waals surface area (Å²) in [5, 5.41) is 0. The van der Waals surface area contributed by atoms with Gasteiger partial charge in [-0.1, -0.05) is 24.3 Å². The Labute approximate surface area is 105 Å². The molecule has 0 bridgehead atoms. The summed E-state index contributed by atoms with van der Waals surface area (Å²) < 4.78 is 6.00. The minimum Gasteiger partial charge on any atom is -0.362 e. The summed E-state index contributed by atoms with van der Waals surface area (Å²) in [6.45, 7) is 2.40. The lowest BCUT2D eigenvalue weighted by Crippen LogP contribution is -2.60. The first-order valence-corrected chi connectivity index (χ1v) is 6.12. The second kappa shape index (κ2) is 3.53. The molecule has 0 amide bonds. The van der Waals surface area contributed by atoms with Crippen LogP contribution in [0.3, 0.4) is 0 Å². The van der Waals surface area contributed by atoms with Crippen LogP contribution in [0, 0.1) is 0 Å². The monoisotopic (exact) mass is 239 g/mol. The highest BCUT2D eigenvalue weighted by Crippen LogP contribution is 2.43. The van der Waals surface area contributed by atoms with Gasteiger partial charge < -0.3 is 9.64 Å². The highest BCUT2D eigenvalue weighted by atomic mass is 16.5. The lowest BCUT2D eigenvalue weighted by Gasteiger charge is -2.47. The molecule has 2 aliphatic heterocycles. The number of ether oxygens (including phenoxy) is 1. The van der Waals surface area contributed by atoms with Crippen LogP contribution in [0.15, 0.2) is 42.7 Å². The number of aromatic nitrogens is 2. The molecule has 1 spiro atoms. The van der Waals surface area contributed by atoms with Gasteiger partial charge in [0.1, 0.15) is 5.60 Å². The number of nitrogens with zero attached hydrogens (tertiary/aromatic N) is 3. The molecule has 0 radical (unpaired) electrons. The van der Waals surface area contributed by atoms with Crippen LogP contribution in [0.2, 0.25) is 0 Å². The Balaban J connectivity index is 1.61. The molecular formula is C14H13N3O. The van der Waals surface area contributed by atoms with Crippen LogP contribution in [-0.4, -0.2) is 23.1 Å². The van der Waals surface area contributed by atoms with Crippen LogP contribution in [0.5, 0.6) is 0 Å². The van der Waals surface area contributed by atoms with Gasteiger partial charge in [-0.2, -0.15) is 0 Å². The maximum atomic E-state index is 6.00. The third-order valence-electron chi connectivity index (χ3n) is 3.74. The Morgan fingerprint density at radius 2 is 1.83 bits per heavy atom. The molecule has 0 unspecified atom stereocenters. The van der Waals surface area contributed by atoms with Crippen molar-refractivity contribution in [3.63, 3.8) is 0 Å². The SMILES string of the molecule is c1cnc(N2CC3(C2)OCc2ccccc23)nc1. The molecule has 1 aromatic heterocycles. The van der Waals surface area contributed by atoms with Crippen molar-refractivity contribution in [2.75, 3.05) is 18.0 Å². The van der Waals surface area contributed by atoms with Crippen LogP contribution < -0.4 is 4.90 Å². The van der Waals surface area contributed by atoms with Crippen molar-refractivity contribution in [1.29, 1.82) is 0 Å². The quantitative estimate of drug-likeness (QED) is 0.759. The second-order valence-electron chi connectivity index (χ2n) is 4.84. The van der Waals surface area contributed by atoms with Crippen LogP contribution >= 0.6 is 0 Å². The van der Waals surface area contributed by atoms with Crippen LogP contribution in [0.4, 0.5) is 5.95 Å². The summed E-state index contributed by atoms with van der Waals surface area (Å²) in [6.07, 6.45) is 3.55. The zero-order chi connectivity index (χ0) is 12.0. The average molecular weight is 239 g/mol. The van der Waals surface area contributed by atoms with Crippen molar-refractivity contribution in [2.24, 2.45) is 0 Å². The van der Waals surface area contributed by atoms with E-state index in [0.29, 0.717) is 0 Å². The lowest BCUT2D eigenvalue weighted by molar-refractivity contribution is -0.0590. The largest absolute Gasteiger partial charge is 0.362 e. The molecule has 1 fully saturated rings. The predicted octanol–water partition coefficient (Wildman–Crippen LogP) is 1.72. The molecule has 4 nitrogen and oxygen atoms in total. The standard InChI is InChI=1S/C14H13N3O/c1-2-5-12-11(4-1)8-18-14(12)9-17(10-14)13-15-6-3-7-16-13/h1-7H,8-10H2. The molecule has 2 aliphatic rings. The second-order valence-corrected chi connectivity index (χ2v) is 4.84. The average Bonchev–Trinajstić information content (AvgIpc) is 2.78. The number of benzene rings is 1. The van der Waals surface area contributed by atoms with Crippen LogP contribution in [-0.2, 0) is 16.9 Å². The Kier molecular flexibility index (Phi) is 1.96. The van der Waals surface area contributed by atoms with E-state index in [1.54, 1.807) is 12.4 Å². The molecule has 1 saturated heterocycles. The van der Waals surface area contributed by atoms with E-state index in [4.69, 9.17) is 4.74 Å². The molecule has 0 aliphatic carbocycles. The lowest BCUT2D eigenvalue weighted by atomic mass is 9.85. The number of fused-ring (bicyclic) bond motifs is 2. The van der Waals surface area contributed by atoms with Crippen LogP contribution in [0.25, 0.3) is 0 Å². The Morgan fingerprint density at radius 3 is 2.67 bits per heavy atom. The molecule has 18 heavy (non-hydrogen) atoms. The highest BCUT2D eigenvalue weighted by molar-refractivity contribution is 5.46. The van der Waals surface area contributed by atoms with E-state index in [-0.39, 0.29) is 5.60 Å². The summed E-state index contributed by atoms with van der Waals surface area (Å²) in [6, 6.07) is 10.3. The van der Waals surface area contributed by atoms with Gasteiger partial charge >= 0.3 is 0 Å². The van der Waals surface area contributed by atoms with E-state index in [2.05, 4.69) is 39.1 Å². The topological polar surface area (TPSA) is 38.2 Å². The van der Waals surface area contributed by atoms with Crippen molar-refractivity contribution in [1.82, 2.24) is 9.97 Å². The molecule has 2 aromatic rings. The molecule has 3 heterocycles. The van der Waals surface area contributed by atoms with E-state index < -0.39 is 0 Å². The molecule has 4 rings (SSSR count). The van der Waals surface area contributed by atoms with Gasteiger partial charge in [0.25, 0.3) is 0 Å². The number of anilines is 1. The highest BCUT2D eigenvalue weighted by Gasteiger charge is 2.50. The van der Waals surface area contributed by atoms with Gasteiger partial charge in [0, 0.05) is 12.4 Å². The summed E-state index contributed by atoms with van der Waals surface area (Å²) in [5.74, 6) is 0.788. The van der Waals surface area contributed by atoms with E-state index in [1.807, 2.05) is 6.07 Å². The first-order chi connectivity index (χ1) is 8.87. The Bertz CT molecular complexity index is 579. The fourth-order valence-corrected chi connectivity index (χ4v) is 2.81. The Hall–Kier alpha value is -1.94. The fraction of sp³-hybridized carbons (Fsp3) is 0.286. The maximum Gasteiger partial charge on any atom is 0.225 e. The smallest absolute Gasteiger partial charge is 0.225 e. The van der Waals surface area contributed by atoms with Gasteiger partial charge in [-0.25, -0.2) is 9.97 Å². The molecule has 0 saturated carbocycles. The Morgan fingerprint density at radius 1 is 1.06 bits per heavy atom. The van der Waals surface area contributed by atoms with Crippen molar-refractivity contribution in [2.45, 2.75) is 12.2 Å². The van der Waals surface area contributed by atoms with Crippen molar-refractivity contribution in [3.05, 3.63) is 53.9 Å². The summed E-state index contributed by atoms with van der Waals surface area (Å²) in [5.41, 5.74) is 2.51. The predicted molar refractivity (Wildman–Crippen MR) is 67.2 cm³/mol. The van der Waals surface area contributed by atoms with Gasteiger partial charge in [0.15, 0.2) is 0 Å². The number of hydrogen-bond acceptors (Lipinski definition) is 4. The zero-order valence-electron chi connectivity index (χ0n) is 9.91.